The summed E-state index contributed by atoms with van der Waals surface area (Å²) in [6.07, 6.45) is 7.81. The highest BCUT2D eigenvalue weighted by Gasteiger charge is 2.44. The van der Waals surface area contributed by atoms with Gasteiger partial charge < -0.3 is 14.5 Å². The zero-order valence-corrected chi connectivity index (χ0v) is 16.6. The van der Waals surface area contributed by atoms with E-state index >= 15 is 0 Å². The van der Waals surface area contributed by atoms with E-state index < -0.39 is 0 Å². The molecule has 27 heavy (non-hydrogen) atoms. The van der Waals surface area contributed by atoms with Gasteiger partial charge in [-0.15, -0.1) is 0 Å². The average Bonchev–Trinajstić information content (AvgIpc) is 3.31. The number of carbonyl (C=O) groups is 1. The number of amides is 1. The summed E-state index contributed by atoms with van der Waals surface area (Å²) in [5.41, 5.74) is 1.64. The van der Waals surface area contributed by atoms with Gasteiger partial charge in [0.15, 0.2) is 0 Å². The number of nitrogens with zero attached hydrogens (tertiary/aromatic N) is 2. The van der Waals surface area contributed by atoms with E-state index in [0.29, 0.717) is 5.91 Å². The molecule has 0 aromatic heterocycles. The number of carbonyl (C=O) groups excluding carboxylic acids is 1. The van der Waals surface area contributed by atoms with Gasteiger partial charge in [0.05, 0.1) is 0 Å². The molecule has 1 spiro atoms. The highest BCUT2D eigenvalue weighted by molar-refractivity contribution is 5.79. The molecule has 3 aliphatic heterocycles. The molecule has 3 saturated heterocycles. The Labute approximate surface area is 163 Å². The molecule has 0 N–H and O–H groups in total. The van der Waals surface area contributed by atoms with Crippen LogP contribution in [0, 0.1) is 11.3 Å². The number of piperidine rings is 1. The minimum atomic E-state index is 0.261. The Bertz CT molecular complexity index is 604. The van der Waals surface area contributed by atoms with E-state index in [1.165, 1.54) is 50.9 Å². The molecular weight excluding hydrogens is 336 g/mol. The highest BCUT2D eigenvalue weighted by Crippen LogP contribution is 2.41. The topological polar surface area (TPSA) is 32.8 Å². The maximum atomic E-state index is 12.6. The first-order valence-corrected chi connectivity index (χ1v) is 10.8. The lowest BCUT2D eigenvalue weighted by Crippen LogP contribution is -2.42. The Hall–Kier alpha value is -1.39. The smallest absolute Gasteiger partial charge is 0.223 e. The maximum Gasteiger partial charge on any atom is 0.223 e. The Kier molecular flexibility index (Phi) is 6.14. The van der Waals surface area contributed by atoms with Gasteiger partial charge in [0.25, 0.3) is 0 Å². The first-order valence-electron chi connectivity index (χ1n) is 10.8. The minimum Gasteiger partial charge on any atom is -0.381 e. The quantitative estimate of drug-likeness (QED) is 0.738. The van der Waals surface area contributed by atoms with Crippen LogP contribution in [-0.2, 0) is 16.0 Å². The van der Waals surface area contributed by atoms with Crippen molar-refractivity contribution in [3.05, 3.63) is 35.9 Å². The normalized spacial score (nSPS) is 25.6. The number of likely N-dealkylation sites (tertiary alicyclic amines) is 2. The molecule has 0 radical (unpaired) electrons. The van der Waals surface area contributed by atoms with Crippen molar-refractivity contribution in [2.75, 3.05) is 45.9 Å². The molecule has 0 aliphatic carbocycles. The molecule has 4 rings (SSSR count). The van der Waals surface area contributed by atoms with Gasteiger partial charge in [-0.3, -0.25) is 4.79 Å². The SMILES string of the molecule is O=C1CC2(CCN(CC[C@H]3CCOC3)CC2)CN1CCCc1ccccc1. The van der Waals surface area contributed by atoms with Gasteiger partial charge in [0.1, 0.15) is 0 Å². The second kappa shape index (κ2) is 8.74. The molecule has 0 saturated carbocycles. The van der Waals surface area contributed by atoms with Crippen molar-refractivity contribution in [3.8, 4) is 0 Å². The third kappa shape index (κ3) is 4.91. The molecule has 0 unspecified atom stereocenters. The van der Waals surface area contributed by atoms with Gasteiger partial charge >= 0.3 is 0 Å². The van der Waals surface area contributed by atoms with Crippen molar-refractivity contribution in [1.82, 2.24) is 9.80 Å². The fourth-order valence-corrected chi connectivity index (χ4v) is 5.07. The summed E-state index contributed by atoms with van der Waals surface area (Å²) in [6.45, 7) is 7.36. The first-order chi connectivity index (χ1) is 13.2. The molecule has 1 amide bonds. The van der Waals surface area contributed by atoms with Crippen LogP contribution in [0.1, 0.15) is 44.1 Å². The van der Waals surface area contributed by atoms with Crippen molar-refractivity contribution in [3.63, 3.8) is 0 Å². The van der Waals surface area contributed by atoms with E-state index in [2.05, 4.69) is 40.1 Å². The maximum absolute atomic E-state index is 12.6. The van der Waals surface area contributed by atoms with Crippen LogP contribution in [0.25, 0.3) is 0 Å². The Morgan fingerprint density at radius 1 is 1.11 bits per heavy atom. The summed E-state index contributed by atoms with van der Waals surface area (Å²) in [6, 6.07) is 10.6. The van der Waals surface area contributed by atoms with Gasteiger partial charge in [-0.1, -0.05) is 30.3 Å². The van der Waals surface area contributed by atoms with Crippen molar-refractivity contribution < 1.29 is 9.53 Å². The summed E-state index contributed by atoms with van der Waals surface area (Å²) >= 11 is 0. The Morgan fingerprint density at radius 3 is 2.67 bits per heavy atom. The predicted molar refractivity (Wildman–Crippen MR) is 108 cm³/mol. The fourth-order valence-electron chi connectivity index (χ4n) is 5.07. The molecule has 1 aromatic carbocycles. The van der Waals surface area contributed by atoms with Crippen LogP contribution < -0.4 is 0 Å². The number of aryl methyl sites for hydroxylation is 1. The number of hydrogen-bond donors (Lipinski definition) is 0. The van der Waals surface area contributed by atoms with Gasteiger partial charge in [-0.2, -0.15) is 0 Å². The van der Waals surface area contributed by atoms with E-state index in [4.69, 9.17) is 4.74 Å². The van der Waals surface area contributed by atoms with Crippen LogP contribution in [0.4, 0.5) is 0 Å². The second-order valence-corrected chi connectivity index (χ2v) is 8.94. The van der Waals surface area contributed by atoms with Crippen molar-refractivity contribution in [2.45, 2.75) is 44.9 Å². The number of hydrogen-bond acceptors (Lipinski definition) is 3. The molecule has 4 nitrogen and oxygen atoms in total. The lowest BCUT2D eigenvalue weighted by Gasteiger charge is -2.39. The molecule has 3 aliphatic rings. The molecule has 148 valence electrons. The third-order valence-electron chi connectivity index (χ3n) is 6.94. The Balaban J connectivity index is 1.19. The van der Waals surface area contributed by atoms with Gasteiger partial charge in [-0.05, 0) is 75.1 Å². The summed E-state index contributed by atoms with van der Waals surface area (Å²) in [4.78, 5) is 17.3. The standard InChI is InChI=1S/C23H34N2O2/c26-22-17-23(19-25(22)12-4-7-20-5-2-1-3-6-20)10-14-24(15-11-23)13-8-21-9-16-27-18-21/h1-3,5-6,21H,4,7-19H2/t21-/m0/s1. The third-order valence-corrected chi connectivity index (χ3v) is 6.94. The zero-order chi connectivity index (χ0) is 18.5. The largest absolute Gasteiger partial charge is 0.381 e. The molecule has 3 fully saturated rings. The van der Waals surface area contributed by atoms with Crippen LogP contribution in [0.3, 0.4) is 0 Å². The lowest BCUT2D eigenvalue weighted by atomic mass is 9.77. The van der Waals surface area contributed by atoms with Gasteiger partial charge in [-0.25, -0.2) is 0 Å². The highest BCUT2D eigenvalue weighted by atomic mass is 16.5. The summed E-state index contributed by atoms with van der Waals surface area (Å²) in [5, 5.41) is 0. The molecule has 3 heterocycles. The fraction of sp³-hybridized carbons (Fsp3) is 0.696. The molecule has 1 atom stereocenters. The number of benzene rings is 1. The first kappa shape index (κ1) is 18.9. The molecule has 0 bridgehead atoms. The summed E-state index contributed by atoms with van der Waals surface area (Å²) in [5.74, 6) is 1.16. The molecule has 4 heteroatoms. The summed E-state index contributed by atoms with van der Waals surface area (Å²) in [7, 11) is 0. The van der Waals surface area contributed by atoms with E-state index in [1.807, 2.05) is 0 Å². The van der Waals surface area contributed by atoms with Crippen molar-refractivity contribution in [2.24, 2.45) is 11.3 Å². The van der Waals surface area contributed by atoms with E-state index in [1.54, 1.807) is 0 Å². The van der Waals surface area contributed by atoms with Gasteiger partial charge in [0, 0.05) is 32.7 Å². The van der Waals surface area contributed by atoms with Crippen LogP contribution in [0.15, 0.2) is 30.3 Å². The van der Waals surface area contributed by atoms with Gasteiger partial charge in [0.2, 0.25) is 5.91 Å². The molecule has 1 aromatic rings. The monoisotopic (exact) mass is 370 g/mol. The van der Waals surface area contributed by atoms with E-state index in [-0.39, 0.29) is 5.41 Å². The second-order valence-electron chi connectivity index (χ2n) is 8.94. The lowest BCUT2D eigenvalue weighted by molar-refractivity contribution is -0.127. The summed E-state index contributed by atoms with van der Waals surface area (Å²) < 4.78 is 5.50. The Morgan fingerprint density at radius 2 is 1.93 bits per heavy atom. The van der Waals surface area contributed by atoms with E-state index in [0.717, 1.165) is 51.5 Å². The number of ether oxygens (including phenoxy) is 1. The predicted octanol–water partition coefficient (Wildman–Crippen LogP) is 3.36. The van der Waals surface area contributed by atoms with Crippen LogP contribution in [0.5, 0.6) is 0 Å². The van der Waals surface area contributed by atoms with Crippen molar-refractivity contribution in [1.29, 1.82) is 0 Å². The number of rotatable bonds is 7. The van der Waals surface area contributed by atoms with E-state index in [9.17, 15) is 4.79 Å². The zero-order valence-electron chi connectivity index (χ0n) is 16.6. The van der Waals surface area contributed by atoms with Crippen LogP contribution in [0.2, 0.25) is 0 Å². The average molecular weight is 371 g/mol. The van der Waals surface area contributed by atoms with Crippen molar-refractivity contribution >= 4 is 5.91 Å². The molecular formula is C23H34N2O2. The minimum absolute atomic E-state index is 0.261. The van der Waals surface area contributed by atoms with Crippen LogP contribution in [-0.4, -0.2) is 61.6 Å². The van der Waals surface area contributed by atoms with Crippen LogP contribution >= 0.6 is 0 Å².